The molecule has 2 heterocycles. The second kappa shape index (κ2) is 12.8. The molecule has 0 fully saturated rings. The van der Waals surface area contributed by atoms with Crippen molar-refractivity contribution in [2.45, 2.75) is 18.9 Å². The number of hydrogen-bond acceptors (Lipinski definition) is 7. The lowest BCUT2D eigenvalue weighted by molar-refractivity contribution is 0.177. The number of ether oxygens (including phenoxy) is 4. The third-order valence-electron chi connectivity index (χ3n) is 7.56. The largest absolute Gasteiger partial charge is 0.497 e. The normalized spacial score (nSPS) is 14.7. The van der Waals surface area contributed by atoms with Gasteiger partial charge in [0, 0.05) is 42.2 Å². The maximum Gasteiger partial charge on any atom is 0.320 e. The van der Waals surface area contributed by atoms with Crippen LogP contribution in [0.1, 0.15) is 22.7 Å². The molecule has 1 aliphatic heterocycles. The number of urea groups is 1. The molecule has 0 spiro atoms. The minimum absolute atomic E-state index is 0.0446. The summed E-state index contributed by atoms with van der Waals surface area (Å²) < 4.78 is 22.8. The first-order chi connectivity index (χ1) is 20.0. The van der Waals surface area contributed by atoms with Crippen molar-refractivity contribution < 1.29 is 23.7 Å². The Hall–Kier alpha value is -4.50. The highest BCUT2D eigenvalue weighted by Gasteiger charge is 2.33. The molecule has 0 bridgehead atoms. The number of anilines is 1. The number of pyridine rings is 1. The number of amides is 2. The average Bonchev–Trinajstić information content (AvgIpc) is 3.01. The summed E-state index contributed by atoms with van der Waals surface area (Å²) in [6.07, 6.45) is 1.46. The summed E-state index contributed by atoms with van der Waals surface area (Å²) in [6, 6.07) is 21.0. The third-order valence-corrected chi connectivity index (χ3v) is 7.56. The summed E-state index contributed by atoms with van der Waals surface area (Å²) in [6.45, 7) is 1.88. The Morgan fingerprint density at radius 1 is 0.902 bits per heavy atom. The standard InChI is InChI=1S/C32H36N4O5/c1-38-23-10-11-27(39-2)22(19-23)20-26-31-24(28(40-3)12-13-29(31)41-4)15-17-36(26)18-16-33-32(37)35-30-14-9-21-7-5-6-8-25(21)34-30/h5-14,19,26H,15-18,20H2,1-4H3,(H2,33,34,35,37). The van der Waals surface area contributed by atoms with E-state index in [2.05, 4.69) is 20.5 Å². The minimum Gasteiger partial charge on any atom is -0.497 e. The molecule has 3 aromatic carbocycles. The fourth-order valence-electron chi connectivity index (χ4n) is 5.57. The molecule has 1 atom stereocenters. The van der Waals surface area contributed by atoms with E-state index in [1.807, 2.05) is 60.7 Å². The van der Waals surface area contributed by atoms with Gasteiger partial charge in [0.15, 0.2) is 0 Å². The van der Waals surface area contributed by atoms with Crippen molar-refractivity contribution in [2.75, 3.05) is 53.4 Å². The van der Waals surface area contributed by atoms with E-state index in [1.54, 1.807) is 34.5 Å². The molecule has 0 aliphatic carbocycles. The smallest absolute Gasteiger partial charge is 0.320 e. The van der Waals surface area contributed by atoms with Crippen molar-refractivity contribution in [1.29, 1.82) is 0 Å². The van der Waals surface area contributed by atoms with E-state index in [4.69, 9.17) is 18.9 Å². The Bertz CT molecular complexity index is 1530. The summed E-state index contributed by atoms with van der Waals surface area (Å²) in [7, 11) is 6.72. The number of nitrogens with zero attached hydrogens (tertiary/aromatic N) is 2. The van der Waals surface area contributed by atoms with Crippen LogP contribution in [-0.4, -0.2) is 64.0 Å². The first-order valence-electron chi connectivity index (χ1n) is 13.6. The summed E-state index contributed by atoms with van der Waals surface area (Å²) in [4.78, 5) is 19.7. The number of benzene rings is 3. The van der Waals surface area contributed by atoms with Crippen LogP contribution in [0.5, 0.6) is 23.0 Å². The fourth-order valence-corrected chi connectivity index (χ4v) is 5.57. The van der Waals surface area contributed by atoms with Crippen LogP contribution in [0.25, 0.3) is 10.9 Å². The number of rotatable bonds is 10. The number of fused-ring (bicyclic) bond motifs is 2. The van der Waals surface area contributed by atoms with Crippen molar-refractivity contribution >= 4 is 22.8 Å². The first kappa shape index (κ1) is 28.0. The Kier molecular flexibility index (Phi) is 8.74. The number of carbonyl (C=O) groups is 1. The maximum absolute atomic E-state index is 12.8. The van der Waals surface area contributed by atoms with Crippen LogP contribution < -0.4 is 29.6 Å². The third kappa shape index (κ3) is 6.15. The number of para-hydroxylation sites is 1. The highest BCUT2D eigenvalue weighted by Crippen LogP contribution is 2.43. The van der Waals surface area contributed by atoms with Gasteiger partial charge < -0.3 is 24.3 Å². The molecule has 41 heavy (non-hydrogen) atoms. The zero-order valence-corrected chi connectivity index (χ0v) is 23.9. The van der Waals surface area contributed by atoms with Crippen LogP contribution in [0.3, 0.4) is 0 Å². The van der Waals surface area contributed by atoms with E-state index in [0.29, 0.717) is 25.3 Å². The summed E-state index contributed by atoms with van der Waals surface area (Å²) in [5, 5.41) is 6.87. The molecule has 1 aliphatic rings. The van der Waals surface area contributed by atoms with Crippen LogP contribution in [-0.2, 0) is 12.8 Å². The van der Waals surface area contributed by atoms with Crippen LogP contribution in [0.2, 0.25) is 0 Å². The monoisotopic (exact) mass is 556 g/mol. The van der Waals surface area contributed by atoms with Crippen LogP contribution in [0.15, 0.2) is 66.7 Å². The van der Waals surface area contributed by atoms with Crippen molar-refractivity contribution in [2.24, 2.45) is 0 Å². The Balaban J connectivity index is 1.35. The van der Waals surface area contributed by atoms with Gasteiger partial charge in [0.05, 0.1) is 34.0 Å². The summed E-state index contributed by atoms with van der Waals surface area (Å²) >= 11 is 0. The number of aromatic nitrogens is 1. The Morgan fingerprint density at radius 3 is 2.44 bits per heavy atom. The van der Waals surface area contributed by atoms with E-state index in [9.17, 15) is 4.79 Å². The molecule has 214 valence electrons. The van der Waals surface area contributed by atoms with Gasteiger partial charge in [-0.1, -0.05) is 18.2 Å². The van der Waals surface area contributed by atoms with Gasteiger partial charge in [0.2, 0.25) is 0 Å². The molecule has 4 aromatic rings. The van der Waals surface area contributed by atoms with Gasteiger partial charge in [-0.3, -0.25) is 10.2 Å². The van der Waals surface area contributed by atoms with E-state index in [1.165, 1.54) is 0 Å². The second-order valence-corrected chi connectivity index (χ2v) is 9.82. The van der Waals surface area contributed by atoms with Crippen molar-refractivity contribution in [1.82, 2.24) is 15.2 Å². The van der Waals surface area contributed by atoms with Crippen LogP contribution in [0, 0.1) is 0 Å². The molecule has 0 saturated carbocycles. The maximum atomic E-state index is 12.8. The van der Waals surface area contributed by atoms with Gasteiger partial charge in [0.1, 0.15) is 28.8 Å². The molecule has 9 nitrogen and oxygen atoms in total. The zero-order chi connectivity index (χ0) is 28.8. The molecule has 2 amide bonds. The molecule has 5 rings (SSSR count). The zero-order valence-electron chi connectivity index (χ0n) is 23.9. The summed E-state index contributed by atoms with van der Waals surface area (Å²) in [5.74, 6) is 3.73. The molecule has 1 unspecified atom stereocenters. The Morgan fingerprint density at radius 2 is 1.66 bits per heavy atom. The number of methoxy groups -OCH3 is 4. The predicted octanol–water partition coefficient (Wildman–Crippen LogP) is 5.23. The number of hydrogen-bond donors (Lipinski definition) is 2. The van der Waals surface area contributed by atoms with Gasteiger partial charge in [-0.2, -0.15) is 0 Å². The molecule has 1 aromatic heterocycles. The quantitative estimate of drug-likeness (QED) is 0.276. The van der Waals surface area contributed by atoms with Gasteiger partial charge in [0.25, 0.3) is 0 Å². The lowest BCUT2D eigenvalue weighted by atomic mass is 9.87. The molecular weight excluding hydrogens is 520 g/mol. The molecule has 0 saturated heterocycles. The molecule has 2 N–H and O–H groups in total. The fraction of sp³-hybridized carbons (Fsp3) is 0.312. The predicted molar refractivity (Wildman–Crippen MR) is 160 cm³/mol. The van der Waals surface area contributed by atoms with Gasteiger partial charge in [-0.15, -0.1) is 0 Å². The Labute approximate surface area is 240 Å². The second-order valence-electron chi connectivity index (χ2n) is 9.82. The highest BCUT2D eigenvalue weighted by atomic mass is 16.5. The van der Waals surface area contributed by atoms with Gasteiger partial charge in [-0.05, 0) is 66.9 Å². The van der Waals surface area contributed by atoms with Crippen LogP contribution >= 0.6 is 0 Å². The van der Waals surface area contributed by atoms with Crippen LogP contribution in [0.4, 0.5) is 10.6 Å². The van der Waals surface area contributed by atoms with Crippen molar-refractivity contribution in [3.05, 3.63) is 83.4 Å². The highest BCUT2D eigenvalue weighted by molar-refractivity contribution is 5.90. The summed E-state index contributed by atoms with van der Waals surface area (Å²) in [5.41, 5.74) is 4.08. The first-order valence-corrected chi connectivity index (χ1v) is 13.6. The van der Waals surface area contributed by atoms with E-state index in [-0.39, 0.29) is 12.1 Å². The SMILES string of the molecule is COc1ccc(OC)c(CC2c3c(OC)ccc(OC)c3CCN2CCNC(=O)Nc2ccc3ccccc3n2)c1. The van der Waals surface area contributed by atoms with Gasteiger partial charge in [-0.25, -0.2) is 9.78 Å². The minimum atomic E-state index is -0.296. The number of nitrogens with one attached hydrogen (secondary N) is 2. The van der Waals surface area contributed by atoms with Crippen molar-refractivity contribution in [3.63, 3.8) is 0 Å². The van der Waals surface area contributed by atoms with Gasteiger partial charge >= 0.3 is 6.03 Å². The molecule has 0 radical (unpaired) electrons. The lowest BCUT2D eigenvalue weighted by Crippen LogP contribution is -2.42. The molecule has 9 heteroatoms. The lowest BCUT2D eigenvalue weighted by Gasteiger charge is -2.39. The number of carbonyl (C=O) groups excluding carboxylic acids is 1. The van der Waals surface area contributed by atoms with Crippen molar-refractivity contribution in [3.8, 4) is 23.0 Å². The topological polar surface area (TPSA) is 94.2 Å². The average molecular weight is 557 g/mol. The van der Waals surface area contributed by atoms with E-state index in [0.717, 1.165) is 63.6 Å². The van der Waals surface area contributed by atoms with E-state index < -0.39 is 0 Å². The van der Waals surface area contributed by atoms with E-state index >= 15 is 0 Å². The molecular formula is C32H36N4O5.